The molecule has 1 aromatic carbocycles. The van der Waals surface area contributed by atoms with E-state index < -0.39 is 5.92 Å². The van der Waals surface area contributed by atoms with E-state index in [0.717, 1.165) is 34.1 Å². The first-order chi connectivity index (χ1) is 14.8. The smallest absolute Gasteiger partial charge is 0.250 e. The van der Waals surface area contributed by atoms with Crippen molar-refractivity contribution in [3.05, 3.63) is 66.5 Å². The Kier molecular flexibility index (Phi) is 10.4. The van der Waals surface area contributed by atoms with Gasteiger partial charge in [0.05, 0.1) is 0 Å². The first-order valence-corrected chi connectivity index (χ1v) is 10.5. The lowest BCUT2D eigenvalue weighted by Crippen LogP contribution is -2.36. The molecule has 3 heterocycles. The van der Waals surface area contributed by atoms with E-state index in [9.17, 15) is 13.6 Å². The Bertz CT molecular complexity index is 1000. The largest absolute Gasteiger partial charge is 0.306 e. The highest BCUT2D eigenvalue weighted by Crippen LogP contribution is 2.26. The molecule has 0 amide bonds. The van der Waals surface area contributed by atoms with E-state index in [1.165, 1.54) is 0 Å². The molecule has 1 fully saturated rings. The van der Waals surface area contributed by atoms with Crippen LogP contribution in [0.4, 0.5) is 8.78 Å². The number of halogens is 2. The number of aldehydes is 1. The molecule has 32 heavy (non-hydrogen) atoms. The van der Waals surface area contributed by atoms with E-state index in [1.807, 2.05) is 79.9 Å². The molecular weight excluding hydrogens is 408 g/mol. The van der Waals surface area contributed by atoms with Crippen molar-refractivity contribution in [3.8, 4) is 5.69 Å². The topological polar surface area (TPSA) is 38.1 Å². The number of rotatable bonds is 3. The van der Waals surface area contributed by atoms with Crippen LogP contribution < -0.4 is 0 Å². The van der Waals surface area contributed by atoms with Gasteiger partial charge >= 0.3 is 0 Å². The minimum atomic E-state index is -2.38. The number of carbonyl (C=O) groups excluding carboxylic acids is 1. The fourth-order valence-corrected chi connectivity index (χ4v) is 3.17. The molecule has 0 bridgehead atoms. The molecule has 0 unspecified atom stereocenters. The zero-order valence-corrected chi connectivity index (χ0v) is 18.7. The van der Waals surface area contributed by atoms with Crippen LogP contribution in [0.5, 0.6) is 0 Å². The molecule has 0 aliphatic carbocycles. The van der Waals surface area contributed by atoms with Gasteiger partial charge in [-0.3, -0.25) is 4.79 Å². The van der Waals surface area contributed by atoms with E-state index in [2.05, 4.69) is 11.6 Å². The van der Waals surface area contributed by atoms with Crippen LogP contribution in [0.2, 0.25) is 0 Å². The summed E-state index contributed by atoms with van der Waals surface area (Å²) in [6, 6.07) is 12.0. The second-order valence-electron chi connectivity index (χ2n) is 7.47. The van der Waals surface area contributed by atoms with Crippen LogP contribution in [-0.4, -0.2) is 46.8 Å². The number of allylic oxidation sites excluding steroid dienone is 1. The summed E-state index contributed by atoms with van der Waals surface area (Å²) in [6.45, 7) is 11.0. The highest BCUT2D eigenvalue weighted by molar-refractivity contribution is 5.85. The van der Waals surface area contributed by atoms with Crippen molar-refractivity contribution in [2.24, 2.45) is 0 Å². The fourth-order valence-electron chi connectivity index (χ4n) is 3.17. The second kappa shape index (κ2) is 12.2. The van der Waals surface area contributed by atoms with Crippen molar-refractivity contribution in [1.29, 1.82) is 0 Å². The van der Waals surface area contributed by atoms with Crippen molar-refractivity contribution in [1.82, 2.24) is 14.5 Å². The lowest BCUT2D eigenvalue weighted by Gasteiger charge is -2.28. The molecule has 3 aromatic rings. The maximum Gasteiger partial charge on any atom is 0.250 e. The third-order valence-electron chi connectivity index (χ3n) is 5.04. The molecule has 0 atom stereocenters. The molecule has 1 aliphatic rings. The van der Waals surface area contributed by atoms with Gasteiger partial charge in [-0.1, -0.05) is 45.6 Å². The summed E-state index contributed by atoms with van der Waals surface area (Å²) in [5.41, 5.74) is 4.65. The van der Waals surface area contributed by atoms with Gasteiger partial charge in [0.1, 0.15) is 5.65 Å². The van der Waals surface area contributed by atoms with Crippen LogP contribution in [0.25, 0.3) is 22.3 Å². The SMILES string of the molecule is C.C=C(C)c1ccc(-n2ccc3cc(C=O)cnc32)cc1.CC.CN1CCC(F)(F)CC1. The summed E-state index contributed by atoms with van der Waals surface area (Å²) >= 11 is 0. The van der Waals surface area contributed by atoms with Crippen molar-refractivity contribution < 1.29 is 13.6 Å². The Balaban J connectivity index is 0.000000361. The quantitative estimate of drug-likeness (QED) is 0.414. The predicted octanol–water partition coefficient (Wildman–Crippen LogP) is 6.88. The Morgan fingerprint density at radius 2 is 1.72 bits per heavy atom. The van der Waals surface area contributed by atoms with E-state index in [1.54, 1.807) is 6.20 Å². The average molecular weight is 444 g/mol. The molecule has 4 rings (SSSR count). The lowest BCUT2D eigenvalue weighted by atomic mass is 10.1. The molecule has 0 radical (unpaired) electrons. The van der Waals surface area contributed by atoms with Gasteiger partial charge in [-0.15, -0.1) is 0 Å². The third-order valence-corrected chi connectivity index (χ3v) is 5.04. The van der Waals surface area contributed by atoms with Gasteiger partial charge in [0.2, 0.25) is 0 Å². The molecule has 0 saturated carbocycles. The standard InChI is InChI=1S/C17H14N2O.C6H11F2N.C2H6.CH4/c1-12(2)14-3-5-16(6-4-14)19-8-7-15-9-13(11-20)10-18-17(15)19;1-9-4-2-6(7,8)3-5-9;1-2;/h3-11H,1H2,2H3;2-5H2,1H3;1-2H3;1H4. The van der Waals surface area contributed by atoms with Crippen molar-refractivity contribution in [2.75, 3.05) is 20.1 Å². The predicted molar refractivity (Wildman–Crippen MR) is 131 cm³/mol. The molecule has 4 nitrogen and oxygen atoms in total. The molecule has 1 aliphatic heterocycles. The van der Waals surface area contributed by atoms with Gasteiger partial charge in [-0.05, 0) is 43.8 Å². The Morgan fingerprint density at radius 1 is 1.12 bits per heavy atom. The van der Waals surface area contributed by atoms with Crippen molar-refractivity contribution in [3.63, 3.8) is 0 Å². The number of likely N-dealkylation sites (tertiary alicyclic amines) is 1. The van der Waals surface area contributed by atoms with Crippen LogP contribution in [0.3, 0.4) is 0 Å². The zero-order chi connectivity index (χ0) is 23.0. The number of nitrogens with zero attached hydrogens (tertiary/aromatic N) is 3. The van der Waals surface area contributed by atoms with Gasteiger partial charge in [0.25, 0.3) is 5.92 Å². The summed E-state index contributed by atoms with van der Waals surface area (Å²) in [5, 5.41) is 0.957. The molecule has 2 aromatic heterocycles. The Morgan fingerprint density at radius 3 is 2.22 bits per heavy atom. The molecule has 0 N–H and O–H groups in total. The number of piperidine rings is 1. The minimum absolute atomic E-state index is 0. The molecule has 0 spiro atoms. The van der Waals surface area contributed by atoms with Crippen LogP contribution >= 0.6 is 0 Å². The number of alkyl halides is 2. The number of aromatic nitrogens is 2. The maximum absolute atomic E-state index is 12.4. The summed E-state index contributed by atoms with van der Waals surface area (Å²) in [4.78, 5) is 17.1. The van der Waals surface area contributed by atoms with E-state index >= 15 is 0 Å². The number of hydrogen-bond donors (Lipinski definition) is 0. The highest BCUT2D eigenvalue weighted by Gasteiger charge is 2.32. The van der Waals surface area contributed by atoms with Gasteiger partial charge in [-0.25, -0.2) is 13.8 Å². The van der Waals surface area contributed by atoms with Crippen LogP contribution in [0.15, 0.2) is 55.4 Å². The van der Waals surface area contributed by atoms with Crippen LogP contribution in [0, 0.1) is 0 Å². The zero-order valence-electron chi connectivity index (χ0n) is 18.7. The highest BCUT2D eigenvalue weighted by atomic mass is 19.3. The number of pyridine rings is 1. The fraction of sp³-hybridized carbons (Fsp3) is 0.385. The number of carbonyl (C=O) groups is 1. The van der Waals surface area contributed by atoms with Crippen LogP contribution in [-0.2, 0) is 0 Å². The average Bonchev–Trinajstić information content (AvgIpc) is 3.21. The normalized spacial score (nSPS) is 14.8. The van der Waals surface area contributed by atoms with Gasteiger partial charge in [0, 0.05) is 55.0 Å². The number of fused-ring (bicyclic) bond motifs is 1. The monoisotopic (exact) mass is 443 g/mol. The van der Waals surface area contributed by atoms with Gasteiger partial charge in [0.15, 0.2) is 6.29 Å². The molecular formula is C26H35F2N3O. The number of benzene rings is 1. The maximum atomic E-state index is 12.4. The van der Waals surface area contributed by atoms with Crippen LogP contribution in [0.1, 0.15) is 57.0 Å². The van der Waals surface area contributed by atoms with Crippen molar-refractivity contribution >= 4 is 22.9 Å². The lowest BCUT2D eigenvalue weighted by molar-refractivity contribution is -0.0504. The van der Waals surface area contributed by atoms with Crippen molar-refractivity contribution in [2.45, 2.75) is 47.0 Å². The summed E-state index contributed by atoms with van der Waals surface area (Å²) in [5.74, 6) is -2.38. The minimum Gasteiger partial charge on any atom is -0.306 e. The summed E-state index contributed by atoms with van der Waals surface area (Å²) in [7, 11) is 1.87. The van der Waals surface area contributed by atoms with E-state index in [0.29, 0.717) is 18.7 Å². The first-order valence-electron chi connectivity index (χ1n) is 10.5. The van der Waals surface area contributed by atoms with Gasteiger partial charge in [-0.2, -0.15) is 0 Å². The molecule has 6 heteroatoms. The molecule has 1 saturated heterocycles. The Hall–Kier alpha value is -2.86. The summed E-state index contributed by atoms with van der Waals surface area (Å²) in [6.07, 6.45) is 4.43. The van der Waals surface area contributed by atoms with Gasteiger partial charge < -0.3 is 9.47 Å². The van der Waals surface area contributed by atoms with E-state index in [4.69, 9.17) is 0 Å². The second-order valence-corrected chi connectivity index (χ2v) is 7.47. The number of hydrogen-bond acceptors (Lipinski definition) is 3. The molecule has 174 valence electrons. The first kappa shape index (κ1) is 27.2. The summed E-state index contributed by atoms with van der Waals surface area (Å²) < 4.78 is 26.7. The van der Waals surface area contributed by atoms with E-state index in [-0.39, 0.29) is 20.3 Å². The third kappa shape index (κ3) is 7.09. The Labute approximate surface area is 190 Å².